The van der Waals surface area contributed by atoms with E-state index in [0.29, 0.717) is 12.2 Å². The van der Waals surface area contributed by atoms with Crippen molar-refractivity contribution in [3.63, 3.8) is 0 Å². The number of para-hydroxylation sites is 1. The van der Waals surface area contributed by atoms with Crippen molar-refractivity contribution in [1.82, 2.24) is 5.43 Å². The first-order valence-corrected chi connectivity index (χ1v) is 10.3. The molecule has 0 fully saturated rings. The van der Waals surface area contributed by atoms with E-state index in [1.54, 1.807) is 18.2 Å². The van der Waals surface area contributed by atoms with E-state index in [0.717, 1.165) is 16.9 Å². The molecular formula is C26H21N3O4. The van der Waals surface area contributed by atoms with Crippen LogP contribution in [0, 0.1) is 10.1 Å². The van der Waals surface area contributed by atoms with Crippen LogP contribution in [0.15, 0.2) is 96.1 Å². The maximum absolute atomic E-state index is 12.1. The highest BCUT2D eigenvalue weighted by Crippen LogP contribution is 2.21. The second-order valence-electron chi connectivity index (χ2n) is 7.35. The maximum Gasteiger partial charge on any atom is 0.273 e. The van der Waals surface area contributed by atoms with Gasteiger partial charge in [-0.05, 0) is 46.2 Å². The van der Waals surface area contributed by atoms with Gasteiger partial charge in [0.15, 0.2) is 0 Å². The van der Waals surface area contributed by atoms with Gasteiger partial charge in [-0.25, -0.2) is 5.43 Å². The molecule has 0 aliphatic carbocycles. The number of hydrogen-bond donors (Lipinski definition) is 1. The third kappa shape index (κ3) is 5.59. The molecule has 1 N–H and O–H groups in total. The largest absolute Gasteiger partial charge is 0.489 e. The summed E-state index contributed by atoms with van der Waals surface area (Å²) < 4.78 is 5.93. The van der Waals surface area contributed by atoms with Crippen molar-refractivity contribution in [3.8, 4) is 5.75 Å². The number of amides is 1. The molecule has 4 rings (SSSR count). The van der Waals surface area contributed by atoms with Crippen LogP contribution in [0.25, 0.3) is 10.8 Å². The van der Waals surface area contributed by atoms with Crippen LogP contribution < -0.4 is 10.2 Å². The van der Waals surface area contributed by atoms with Gasteiger partial charge >= 0.3 is 0 Å². The summed E-state index contributed by atoms with van der Waals surface area (Å²) in [6.45, 7) is 0.455. The highest BCUT2D eigenvalue weighted by molar-refractivity contribution is 5.85. The zero-order valence-electron chi connectivity index (χ0n) is 17.7. The molecule has 0 saturated heterocycles. The van der Waals surface area contributed by atoms with E-state index in [9.17, 15) is 14.9 Å². The quantitative estimate of drug-likeness (QED) is 0.237. The van der Waals surface area contributed by atoms with Gasteiger partial charge in [-0.15, -0.1) is 0 Å². The van der Waals surface area contributed by atoms with Gasteiger partial charge in [-0.3, -0.25) is 14.9 Å². The van der Waals surface area contributed by atoms with Crippen molar-refractivity contribution in [3.05, 3.63) is 118 Å². The minimum absolute atomic E-state index is 0.0873. The van der Waals surface area contributed by atoms with Crippen molar-refractivity contribution in [2.45, 2.75) is 13.0 Å². The number of hydrogen-bond acceptors (Lipinski definition) is 5. The van der Waals surface area contributed by atoms with Gasteiger partial charge in [-0.1, -0.05) is 60.7 Å². The van der Waals surface area contributed by atoms with Gasteiger partial charge in [0.2, 0.25) is 5.91 Å². The summed E-state index contributed by atoms with van der Waals surface area (Å²) in [5.74, 6) is 0.288. The molecule has 164 valence electrons. The van der Waals surface area contributed by atoms with Crippen molar-refractivity contribution >= 4 is 28.6 Å². The summed E-state index contributed by atoms with van der Waals surface area (Å²) in [6.07, 6.45) is 1.38. The number of nitrogens with one attached hydrogen (secondary N) is 1. The van der Waals surface area contributed by atoms with Crippen molar-refractivity contribution in [2.75, 3.05) is 0 Å². The van der Waals surface area contributed by atoms with Gasteiger partial charge in [0.25, 0.3) is 5.69 Å². The lowest BCUT2D eigenvalue weighted by molar-refractivity contribution is -0.385. The molecule has 0 radical (unpaired) electrons. The number of nitro groups is 1. The molecule has 0 saturated carbocycles. The summed E-state index contributed by atoms with van der Waals surface area (Å²) in [5.41, 5.74) is 4.54. The summed E-state index contributed by atoms with van der Waals surface area (Å²) in [5, 5.41) is 17.3. The van der Waals surface area contributed by atoms with E-state index >= 15 is 0 Å². The van der Waals surface area contributed by atoms with Crippen molar-refractivity contribution in [1.29, 1.82) is 0 Å². The van der Waals surface area contributed by atoms with Crippen LogP contribution in [-0.4, -0.2) is 17.0 Å². The Hall–Kier alpha value is -4.52. The number of hydrazone groups is 1. The van der Waals surface area contributed by atoms with Crippen LogP contribution in [0.4, 0.5) is 5.69 Å². The Morgan fingerprint density at radius 2 is 1.61 bits per heavy atom. The van der Waals surface area contributed by atoms with E-state index in [-0.39, 0.29) is 12.1 Å². The summed E-state index contributed by atoms with van der Waals surface area (Å²) in [7, 11) is 0. The fourth-order valence-electron chi connectivity index (χ4n) is 3.46. The molecule has 0 bridgehead atoms. The van der Waals surface area contributed by atoms with Gasteiger partial charge in [-0.2, -0.15) is 5.10 Å². The molecule has 0 aromatic heterocycles. The average molecular weight is 439 g/mol. The fraction of sp³-hybridized carbons (Fsp3) is 0.0769. The lowest BCUT2D eigenvalue weighted by Crippen LogP contribution is -2.20. The van der Waals surface area contributed by atoms with Crippen molar-refractivity contribution < 1.29 is 14.5 Å². The Labute approximate surface area is 190 Å². The van der Waals surface area contributed by atoms with Crippen LogP contribution in [0.3, 0.4) is 0 Å². The lowest BCUT2D eigenvalue weighted by atomic mass is 10.1. The molecule has 0 unspecified atom stereocenters. The normalized spacial score (nSPS) is 10.9. The smallest absolute Gasteiger partial charge is 0.273 e. The minimum Gasteiger partial charge on any atom is -0.489 e. The molecule has 0 atom stereocenters. The van der Waals surface area contributed by atoms with Crippen LogP contribution >= 0.6 is 0 Å². The Balaban J connectivity index is 1.31. The third-order valence-corrected chi connectivity index (χ3v) is 5.10. The fourth-order valence-corrected chi connectivity index (χ4v) is 3.46. The zero-order chi connectivity index (χ0) is 23.0. The third-order valence-electron chi connectivity index (χ3n) is 5.10. The number of nitrogens with zero attached hydrogens (tertiary/aromatic N) is 2. The highest BCUT2D eigenvalue weighted by Gasteiger charge is 2.15. The zero-order valence-corrected chi connectivity index (χ0v) is 17.7. The van der Waals surface area contributed by atoms with Gasteiger partial charge in [0, 0.05) is 11.6 Å². The van der Waals surface area contributed by atoms with Crippen LogP contribution in [-0.2, 0) is 17.8 Å². The predicted octanol–water partition coefficient (Wildman–Crippen LogP) is 5.02. The first-order chi connectivity index (χ1) is 16.1. The van der Waals surface area contributed by atoms with E-state index in [4.69, 9.17) is 4.74 Å². The Kier molecular flexibility index (Phi) is 6.70. The molecular weight excluding hydrogens is 418 g/mol. The maximum atomic E-state index is 12.1. The number of benzene rings is 4. The highest BCUT2D eigenvalue weighted by atomic mass is 16.6. The van der Waals surface area contributed by atoms with Crippen LogP contribution in [0.2, 0.25) is 0 Å². The molecule has 0 spiro atoms. The van der Waals surface area contributed by atoms with Gasteiger partial charge in [0.1, 0.15) is 12.4 Å². The summed E-state index contributed by atoms with van der Waals surface area (Å²) in [6, 6.07) is 27.8. The number of fused-ring (bicyclic) bond motifs is 1. The molecule has 4 aromatic rings. The number of ether oxygens (including phenoxy) is 1. The van der Waals surface area contributed by atoms with E-state index in [1.807, 2.05) is 42.5 Å². The summed E-state index contributed by atoms with van der Waals surface area (Å²) in [4.78, 5) is 22.6. The second-order valence-corrected chi connectivity index (χ2v) is 7.35. The summed E-state index contributed by atoms with van der Waals surface area (Å²) >= 11 is 0. The lowest BCUT2D eigenvalue weighted by Gasteiger charge is -2.09. The Morgan fingerprint density at radius 3 is 2.42 bits per heavy atom. The Bertz CT molecular complexity index is 1310. The molecule has 0 heterocycles. The minimum atomic E-state index is -0.504. The molecule has 7 heteroatoms. The first-order valence-electron chi connectivity index (χ1n) is 10.3. The molecule has 0 aliphatic heterocycles. The number of carbonyl (C=O) groups is 1. The molecule has 7 nitrogen and oxygen atoms in total. The van der Waals surface area contributed by atoms with Gasteiger partial charge < -0.3 is 4.74 Å². The molecule has 1 amide bonds. The van der Waals surface area contributed by atoms with Crippen LogP contribution in [0.1, 0.15) is 16.7 Å². The van der Waals surface area contributed by atoms with Gasteiger partial charge in [0.05, 0.1) is 17.6 Å². The second kappa shape index (κ2) is 10.2. The topological polar surface area (TPSA) is 93.8 Å². The first kappa shape index (κ1) is 21.7. The standard InChI is InChI=1S/C26H21N3O4/c30-26(16-21-7-2-4-11-25(21)29(31)32)28-27-17-19-12-14-23(15-13-19)33-18-22-9-5-8-20-6-1-3-10-24(20)22/h1-15,17H,16,18H2,(H,28,30). The van der Waals surface area contributed by atoms with Crippen molar-refractivity contribution in [2.24, 2.45) is 5.10 Å². The van der Waals surface area contributed by atoms with Crippen LogP contribution in [0.5, 0.6) is 5.75 Å². The monoisotopic (exact) mass is 439 g/mol. The average Bonchev–Trinajstić information content (AvgIpc) is 2.83. The van der Waals surface area contributed by atoms with E-state index in [2.05, 4.69) is 34.8 Å². The molecule has 4 aromatic carbocycles. The SMILES string of the molecule is O=C(Cc1ccccc1[N+](=O)[O-])NN=Cc1ccc(OCc2cccc3ccccc23)cc1. The van der Waals surface area contributed by atoms with E-state index < -0.39 is 10.8 Å². The number of rotatable bonds is 8. The number of nitro benzene ring substituents is 1. The van der Waals surface area contributed by atoms with E-state index in [1.165, 1.54) is 23.1 Å². The molecule has 33 heavy (non-hydrogen) atoms. The predicted molar refractivity (Wildman–Crippen MR) is 127 cm³/mol. The number of carbonyl (C=O) groups excluding carboxylic acids is 1. The Morgan fingerprint density at radius 1 is 0.909 bits per heavy atom. The molecule has 0 aliphatic rings.